The molecule has 84 valence electrons. The molecule has 0 N–H and O–H groups in total. The van der Waals surface area contributed by atoms with Crippen molar-refractivity contribution in [2.75, 3.05) is 0 Å². The summed E-state index contributed by atoms with van der Waals surface area (Å²) in [6, 6.07) is 0. The first-order valence-electron chi connectivity index (χ1n) is 6.61. The molecular formula is C14H28. The highest BCUT2D eigenvalue weighted by molar-refractivity contribution is 4.72. The Morgan fingerprint density at radius 1 is 0.643 bits per heavy atom. The minimum Gasteiger partial charge on any atom is -0.0625 e. The van der Waals surface area contributed by atoms with Crippen molar-refractivity contribution >= 4 is 0 Å². The molecule has 1 fully saturated rings. The Balaban J connectivity index is 2.42. The molecule has 1 saturated carbocycles. The van der Waals surface area contributed by atoms with Gasteiger partial charge in [-0.25, -0.2) is 0 Å². The molecule has 0 heterocycles. The van der Waals surface area contributed by atoms with Gasteiger partial charge in [0.15, 0.2) is 0 Å². The maximum Gasteiger partial charge on any atom is -0.0391 e. The van der Waals surface area contributed by atoms with Crippen LogP contribution in [0.3, 0.4) is 0 Å². The highest BCUT2D eigenvalue weighted by atomic mass is 14.3. The first-order chi connectivity index (χ1) is 6.61. The molecular weight excluding hydrogens is 168 g/mol. The van der Waals surface area contributed by atoms with E-state index in [-0.39, 0.29) is 0 Å². The molecule has 0 aliphatic heterocycles. The molecule has 0 aromatic rings. The lowest BCUT2D eigenvalue weighted by Crippen LogP contribution is -2.17. The molecule has 1 aliphatic carbocycles. The first-order valence-corrected chi connectivity index (χ1v) is 6.61. The molecule has 1 rings (SSSR count). The van der Waals surface area contributed by atoms with Crippen LogP contribution in [0.2, 0.25) is 0 Å². The third-order valence-corrected chi connectivity index (χ3v) is 4.19. The Morgan fingerprint density at radius 3 is 1.29 bits per heavy atom. The fraction of sp³-hybridized carbons (Fsp3) is 1.00. The summed E-state index contributed by atoms with van der Waals surface area (Å²) >= 11 is 0. The fourth-order valence-electron chi connectivity index (χ4n) is 2.86. The summed E-state index contributed by atoms with van der Waals surface area (Å²) < 4.78 is 0. The normalized spacial score (nSPS) is 30.4. The van der Waals surface area contributed by atoms with Crippen molar-refractivity contribution in [2.45, 2.75) is 66.2 Å². The van der Waals surface area contributed by atoms with Gasteiger partial charge in [-0.2, -0.15) is 0 Å². The van der Waals surface area contributed by atoms with Crippen molar-refractivity contribution in [1.29, 1.82) is 0 Å². The molecule has 0 aromatic carbocycles. The van der Waals surface area contributed by atoms with Gasteiger partial charge in [-0.1, -0.05) is 53.4 Å². The second-order valence-electron chi connectivity index (χ2n) is 5.87. The zero-order valence-electron chi connectivity index (χ0n) is 10.6. The van der Waals surface area contributed by atoms with Gasteiger partial charge >= 0.3 is 0 Å². The molecule has 0 spiro atoms. The Kier molecular flexibility index (Phi) is 4.98. The van der Waals surface area contributed by atoms with Crippen LogP contribution >= 0.6 is 0 Å². The van der Waals surface area contributed by atoms with Crippen LogP contribution in [0.1, 0.15) is 66.2 Å². The minimum absolute atomic E-state index is 0.904. The van der Waals surface area contributed by atoms with Gasteiger partial charge in [0.2, 0.25) is 0 Å². The number of rotatable bonds is 2. The topological polar surface area (TPSA) is 0 Å². The van der Waals surface area contributed by atoms with Crippen LogP contribution in [-0.2, 0) is 0 Å². The summed E-state index contributed by atoms with van der Waals surface area (Å²) in [5.41, 5.74) is 0. The highest BCUT2D eigenvalue weighted by Crippen LogP contribution is 2.33. The first kappa shape index (κ1) is 12.1. The lowest BCUT2D eigenvalue weighted by Gasteiger charge is -2.29. The molecule has 0 bridgehead atoms. The van der Waals surface area contributed by atoms with Gasteiger partial charge in [-0.15, -0.1) is 0 Å². The van der Waals surface area contributed by atoms with E-state index < -0.39 is 0 Å². The molecule has 0 radical (unpaired) electrons. The molecule has 0 nitrogen and oxygen atoms in total. The molecule has 2 atom stereocenters. The van der Waals surface area contributed by atoms with Gasteiger partial charge < -0.3 is 0 Å². The maximum absolute atomic E-state index is 2.40. The number of hydrogen-bond donors (Lipinski definition) is 0. The summed E-state index contributed by atoms with van der Waals surface area (Å²) in [6.07, 6.45) is 8.91. The van der Waals surface area contributed by atoms with E-state index in [9.17, 15) is 0 Å². The third-order valence-electron chi connectivity index (χ3n) is 4.19. The van der Waals surface area contributed by atoms with E-state index in [0.717, 1.165) is 23.7 Å². The zero-order chi connectivity index (χ0) is 10.6. The maximum atomic E-state index is 2.40. The van der Waals surface area contributed by atoms with E-state index in [0.29, 0.717) is 0 Å². The Morgan fingerprint density at radius 2 is 1.00 bits per heavy atom. The predicted molar refractivity (Wildman–Crippen MR) is 64.4 cm³/mol. The van der Waals surface area contributed by atoms with Crippen LogP contribution in [0, 0.1) is 23.7 Å². The second kappa shape index (κ2) is 5.78. The fourth-order valence-corrected chi connectivity index (χ4v) is 2.86. The van der Waals surface area contributed by atoms with Crippen LogP contribution in [0.4, 0.5) is 0 Å². The Labute approximate surface area is 90.5 Å². The second-order valence-corrected chi connectivity index (χ2v) is 5.87. The standard InChI is InChI=1S/C14H28/c1-11(2)13-7-5-6-8-14(10-9-13)12(3)4/h11-14H,5-10H2,1-4H3. The van der Waals surface area contributed by atoms with Gasteiger partial charge in [0, 0.05) is 0 Å². The molecule has 14 heavy (non-hydrogen) atoms. The van der Waals surface area contributed by atoms with Gasteiger partial charge in [0.1, 0.15) is 0 Å². The molecule has 0 aromatic heterocycles. The van der Waals surface area contributed by atoms with Crippen LogP contribution in [-0.4, -0.2) is 0 Å². The Bertz CT molecular complexity index is 128. The van der Waals surface area contributed by atoms with Crippen molar-refractivity contribution in [2.24, 2.45) is 23.7 Å². The monoisotopic (exact) mass is 196 g/mol. The van der Waals surface area contributed by atoms with E-state index in [2.05, 4.69) is 27.7 Å². The summed E-state index contributed by atoms with van der Waals surface area (Å²) in [5, 5.41) is 0. The van der Waals surface area contributed by atoms with Gasteiger partial charge in [-0.3, -0.25) is 0 Å². The predicted octanol–water partition coefficient (Wildman–Crippen LogP) is 4.89. The molecule has 1 aliphatic rings. The van der Waals surface area contributed by atoms with Crippen molar-refractivity contribution in [3.8, 4) is 0 Å². The van der Waals surface area contributed by atoms with E-state index in [1.54, 1.807) is 0 Å². The van der Waals surface area contributed by atoms with Gasteiger partial charge in [0.25, 0.3) is 0 Å². The van der Waals surface area contributed by atoms with E-state index >= 15 is 0 Å². The SMILES string of the molecule is CC(C)C1CCCCC(C(C)C)CC1. The Hall–Kier alpha value is 0. The molecule has 2 unspecified atom stereocenters. The van der Waals surface area contributed by atoms with Crippen molar-refractivity contribution in [1.82, 2.24) is 0 Å². The smallest absolute Gasteiger partial charge is 0.0391 e. The average Bonchev–Trinajstić information content (AvgIpc) is 2.01. The molecule has 0 amide bonds. The van der Waals surface area contributed by atoms with E-state index in [1.807, 2.05) is 0 Å². The number of hydrogen-bond acceptors (Lipinski definition) is 0. The van der Waals surface area contributed by atoms with Gasteiger partial charge in [-0.05, 0) is 36.5 Å². The minimum atomic E-state index is 0.904. The summed E-state index contributed by atoms with van der Waals surface area (Å²) in [5.74, 6) is 3.83. The largest absolute Gasteiger partial charge is 0.0625 e. The lowest BCUT2D eigenvalue weighted by atomic mass is 9.77. The van der Waals surface area contributed by atoms with Crippen LogP contribution < -0.4 is 0 Å². The lowest BCUT2D eigenvalue weighted by molar-refractivity contribution is 0.228. The van der Waals surface area contributed by atoms with Gasteiger partial charge in [0.05, 0.1) is 0 Å². The van der Waals surface area contributed by atoms with Crippen LogP contribution in [0.25, 0.3) is 0 Å². The van der Waals surface area contributed by atoms with E-state index in [4.69, 9.17) is 0 Å². The zero-order valence-corrected chi connectivity index (χ0v) is 10.6. The van der Waals surface area contributed by atoms with Crippen molar-refractivity contribution < 1.29 is 0 Å². The van der Waals surface area contributed by atoms with Crippen LogP contribution in [0.15, 0.2) is 0 Å². The third kappa shape index (κ3) is 3.63. The quantitative estimate of drug-likeness (QED) is 0.590. The highest BCUT2D eigenvalue weighted by Gasteiger charge is 2.20. The van der Waals surface area contributed by atoms with E-state index in [1.165, 1.54) is 38.5 Å². The van der Waals surface area contributed by atoms with Crippen molar-refractivity contribution in [3.63, 3.8) is 0 Å². The van der Waals surface area contributed by atoms with Crippen LogP contribution in [0.5, 0.6) is 0 Å². The summed E-state index contributed by atoms with van der Waals surface area (Å²) in [4.78, 5) is 0. The average molecular weight is 196 g/mol. The van der Waals surface area contributed by atoms with Crippen molar-refractivity contribution in [3.05, 3.63) is 0 Å². The summed E-state index contributed by atoms with van der Waals surface area (Å²) in [7, 11) is 0. The summed E-state index contributed by atoms with van der Waals surface area (Å²) in [6.45, 7) is 9.60. The molecule has 0 saturated heterocycles. The molecule has 0 heteroatoms.